The Bertz CT molecular complexity index is 2470. The summed E-state index contributed by atoms with van der Waals surface area (Å²) in [5.74, 6) is 0.797. The highest BCUT2D eigenvalue weighted by atomic mass is 15.0. The molecule has 0 saturated heterocycles. The van der Waals surface area contributed by atoms with Crippen LogP contribution in [0.3, 0.4) is 0 Å². The molecule has 1 N–H and O–H groups in total. The van der Waals surface area contributed by atoms with Crippen molar-refractivity contribution in [2.45, 2.75) is 24.7 Å². The second-order valence-corrected chi connectivity index (χ2v) is 12.5. The average Bonchev–Trinajstić information content (AvgIpc) is 3.64. The van der Waals surface area contributed by atoms with E-state index in [0.29, 0.717) is 11.8 Å². The molecule has 6 aromatic carbocycles. The largest absolute Gasteiger partial charge is 0.354 e. The SMILES string of the molecule is C1=Cc2c(ccc3[nH]c4ccccc4c23)C(C2Cc3c(n(-c4ccc5ccccc5c4)c4ccccc34)-c3ccccc32)C1. The van der Waals surface area contributed by atoms with Crippen LogP contribution in [0, 0.1) is 0 Å². The summed E-state index contributed by atoms with van der Waals surface area (Å²) in [6, 6.07) is 47.3. The molecule has 0 bridgehead atoms. The van der Waals surface area contributed by atoms with Crippen LogP contribution >= 0.6 is 0 Å². The molecule has 2 aliphatic carbocycles. The minimum Gasteiger partial charge on any atom is -0.354 e. The normalized spacial score (nSPS) is 17.3. The van der Waals surface area contributed by atoms with Crippen molar-refractivity contribution in [1.29, 1.82) is 0 Å². The van der Waals surface area contributed by atoms with Crippen molar-refractivity contribution in [3.63, 3.8) is 0 Å². The van der Waals surface area contributed by atoms with E-state index in [1.54, 1.807) is 0 Å². The Labute approximate surface area is 255 Å². The zero-order chi connectivity index (χ0) is 28.8. The van der Waals surface area contributed by atoms with Crippen LogP contribution in [0.2, 0.25) is 0 Å². The van der Waals surface area contributed by atoms with Gasteiger partial charge in [0.1, 0.15) is 0 Å². The number of fused-ring (bicyclic) bond motifs is 11. The summed E-state index contributed by atoms with van der Waals surface area (Å²) in [6.07, 6.45) is 6.88. The lowest BCUT2D eigenvalue weighted by Gasteiger charge is -2.35. The molecular weight excluding hydrogens is 532 g/mol. The van der Waals surface area contributed by atoms with Gasteiger partial charge in [-0.15, -0.1) is 0 Å². The lowest BCUT2D eigenvalue weighted by Crippen LogP contribution is -2.21. The molecule has 0 spiro atoms. The van der Waals surface area contributed by atoms with E-state index in [0.717, 1.165) is 12.8 Å². The topological polar surface area (TPSA) is 20.7 Å². The predicted molar refractivity (Wildman–Crippen MR) is 185 cm³/mol. The number of aromatic amines is 1. The predicted octanol–water partition coefficient (Wildman–Crippen LogP) is 10.9. The Kier molecular flexibility index (Phi) is 4.98. The van der Waals surface area contributed by atoms with Crippen molar-refractivity contribution in [2.75, 3.05) is 0 Å². The number of para-hydroxylation sites is 2. The standard InChI is InChI=1S/C42H30N2/c1-2-11-27-24-28(21-20-26(27)10-1)44-40-19-8-6-13-32(40)37-25-36(30-12-3-4-14-34(30)42(37)44)29-16-9-17-33-31(29)22-23-39-41(33)35-15-5-7-18-38(35)43-39/h1-15,17-24,29,36,43H,16,25H2. The fourth-order valence-electron chi connectivity index (χ4n) is 8.43. The number of benzene rings is 6. The molecule has 2 heteroatoms. The monoisotopic (exact) mass is 562 g/mol. The third-order valence-corrected chi connectivity index (χ3v) is 10.3. The van der Waals surface area contributed by atoms with Gasteiger partial charge in [0.15, 0.2) is 0 Å². The van der Waals surface area contributed by atoms with E-state index < -0.39 is 0 Å². The molecule has 2 nitrogen and oxygen atoms in total. The van der Waals surface area contributed by atoms with E-state index in [4.69, 9.17) is 0 Å². The molecule has 8 aromatic rings. The number of nitrogens with one attached hydrogen (secondary N) is 1. The molecule has 0 saturated carbocycles. The third kappa shape index (κ3) is 3.31. The molecule has 44 heavy (non-hydrogen) atoms. The van der Waals surface area contributed by atoms with Gasteiger partial charge in [-0.2, -0.15) is 0 Å². The van der Waals surface area contributed by atoms with Gasteiger partial charge < -0.3 is 9.55 Å². The maximum Gasteiger partial charge on any atom is 0.0576 e. The summed E-state index contributed by atoms with van der Waals surface area (Å²) < 4.78 is 2.52. The number of allylic oxidation sites excluding steroid dienone is 1. The van der Waals surface area contributed by atoms with Crippen molar-refractivity contribution in [1.82, 2.24) is 9.55 Å². The first-order valence-corrected chi connectivity index (χ1v) is 15.7. The van der Waals surface area contributed by atoms with Crippen molar-refractivity contribution in [3.8, 4) is 16.9 Å². The van der Waals surface area contributed by atoms with E-state index in [2.05, 4.69) is 149 Å². The van der Waals surface area contributed by atoms with Crippen LogP contribution in [0.1, 0.15) is 40.5 Å². The molecule has 2 atom stereocenters. The minimum atomic E-state index is 0.390. The zero-order valence-corrected chi connectivity index (χ0v) is 24.3. The number of hydrogen-bond acceptors (Lipinski definition) is 0. The van der Waals surface area contributed by atoms with Gasteiger partial charge in [-0.05, 0) is 88.0 Å². The Hall–Kier alpha value is -5.34. The van der Waals surface area contributed by atoms with Gasteiger partial charge in [-0.3, -0.25) is 0 Å². The number of hydrogen-bond donors (Lipinski definition) is 1. The molecule has 0 aliphatic heterocycles. The lowest BCUT2D eigenvalue weighted by molar-refractivity contribution is 0.533. The molecular formula is C42H30N2. The van der Waals surface area contributed by atoms with Crippen molar-refractivity contribution in [3.05, 3.63) is 156 Å². The summed E-state index contributed by atoms with van der Waals surface area (Å²) in [4.78, 5) is 3.66. The number of nitrogens with zero attached hydrogens (tertiary/aromatic N) is 1. The van der Waals surface area contributed by atoms with Crippen molar-refractivity contribution >= 4 is 49.6 Å². The third-order valence-electron chi connectivity index (χ3n) is 10.3. The van der Waals surface area contributed by atoms with Crippen LogP contribution in [-0.2, 0) is 6.42 Å². The average molecular weight is 563 g/mol. The Balaban J connectivity index is 1.19. The van der Waals surface area contributed by atoms with Gasteiger partial charge >= 0.3 is 0 Å². The second-order valence-electron chi connectivity index (χ2n) is 12.5. The summed E-state index contributed by atoms with van der Waals surface area (Å²) in [7, 11) is 0. The maximum atomic E-state index is 3.66. The van der Waals surface area contributed by atoms with E-state index in [9.17, 15) is 0 Å². The minimum absolute atomic E-state index is 0.390. The maximum absolute atomic E-state index is 3.66. The Morgan fingerprint density at radius 2 is 1.41 bits per heavy atom. The van der Waals surface area contributed by atoms with E-state index in [1.165, 1.54) is 82.7 Å². The summed E-state index contributed by atoms with van der Waals surface area (Å²) >= 11 is 0. The summed E-state index contributed by atoms with van der Waals surface area (Å²) in [5.41, 5.74) is 13.5. The van der Waals surface area contributed by atoms with Crippen molar-refractivity contribution < 1.29 is 0 Å². The highest BCUT2D eigenvalue weighted by molar-refractivity contribution is 6.11. The summed E-state index contributed by atoms with van der Waals surface area (Å²) in [6.45, 7) is 0. The fourth-order valence-corrected chi connectivity index (χ4v) is 8.43. The molecule has 2 unspecified atom stereocenters. The molecule has 10 rings (SSSR count). The van der Waals surface area contributed by atoms with Gasteiger partial charge in [0.2, 0.25) is 0 Å². The molecule has 2 aromatic heterocycles. The fraction of sp³-hybridized carbons (Fsp3) is 0.0952. The zero-order valence-electron chi connectivity index (χ0n) is 24.3. The van der Waals surface area contributed by atoms with Crippen LogP contribution < -0.4 is 0 Å². The van der Waals surface area contributed by atoms with Gasteiger partial charge in [-0.1, -0.05) is 109 Å². The van der Waals surface area contributed by atoms with Gasteiger partial charge in [0.25, 0.3) is 0 Å². The van der Waals surface area contributed by atoms with Crippen LogP contribution in [0.25, 0.3) is 66.5 Å². The van der Waals surface area contributed by atoms with E-state index >= 15 is 0 Å². The highest BCUT2D eigenvalue weighted by Crippen LogP contribution is 2.52. The summed E-state index contributed by atoms with van der Waals surface area (Å²) in [5, 5.41) is 6.59. The first-order valence-electron chi connectivity index (χ1n) is 15.7. The van der Waals surface area contributed by atoms with E-state index in [-0.39, 0.29) is 0 Å². The Morgan fingerprint density at radius 1 is 0.614 bits per heavy atom. The van der Waals surface area contributed by atoms with Gasteiger partial charge in [0.05, 0.1) is 11.2 Å². The molecule has 0 radical (unpaired) electrons. The van der Waals surface area contributed by atoms with E-state index in [1.807, 2.05) is 0 Å². The molecule has 208 valence electrons. The molecule has 2 aliphatic rings. The molecule has 0 amide bonds. The smallest absolute Gasteiger partial charge is 0.0576 e. The number of aromatic nitrogens is 2. The molecule has 0 fully saturated rings. The number of rotatable bonds is 2. The van der Waals surface area contributed by atoms with Gasteiger partial charge in [-0.25, -0.2) is 0 Å². The quantitative estimate of drug-likeness (QED) is 0.216. The van der Waals surface area contributed by atoms with Crippen LogP contribution in [0.5, 0.6) is 0 Å². The second kappa shape index (κ2) is 9.08. The highest BCUT2D eigenvalue weighted by Gasteiger charge is 2.36. The molecule has 2 heterocycles. The Morgan fingerprint density at radius 3 is 2.36 bits per heavy atom. The van der Waals surface area contributed by atoms with Crippen molar-refractivity contribution in [2.24, 2.45) is 0 Å². The van der Waals surface area contributed by atoms with Crippen LogP contribution in [0.4, 0.5) is 0 Å². The first-order chi connectivity index (χ1) is 21.8. The van der Waals surface area contributed by atoms with Gasteiger partial charge in [0, 0.05) is 38.4 Å². The number of H-pyrrole nitrogens is 1. The lowest BCUT2D eigenvalue weighted by atomic mass is 9.69. The van der Waals surface area contributed by atoms with Crippen LogP contribution in [-0.4, -0.2) is 9.55 Å². The first kappa shape index (κ1) is 24.1. The van der Waals surface area contributed by atoms with Crippen LogP contribution in [0.15, 0.2) is 133 Å².